The molecule has 7 heteroatoms. The highest BCUT2D eigenvalue weighted by atomic mass is 16.5. The van der Waals surface area contributed by atoms with Crippen LogP contribution < -0.4 is 9.47 Å². The summed E-state index contributed by atoms with van der Waals surface area (Å²) in [4.78, 5) is 33.7. The number of imide groups is 1. The summed E-state index contributed by atoms with van der Waals surface area (Å²) in [6.45, 7) is 0.236. The van der Waals surface area contributed by atoms with Crippen LogP contribution in [0.5, 0.6) is 11.5 Å². The Morgan fingerprint density at radius 2 is 1.96 bits per heavy atom. The van der Waals surface area contributed by atoms with E-state index < -0.39 is 12.1 Å². The van der Waals surface area contributed by atoms with Gasteiger partial charge in [0, 0.05) is 12.8 Å². The number of dihydropyridines is 1. The van der Waals surface area contributed by atoms with Crippen molar-refractivity contribution in [3.8, 4) is 11.5 Å². The summed E-state index contributed by atoms with van der Waals surface area (Å²) in [6, 6.07) is 4.23. The molecule has 0 aromatic heterocycles. The number of amides is 3. The van der Waals surface area contributed by atoms with Crippen LogP contribution in [-0.4, -0.2) is 55.6 Å². The molecule has 0 fully saturated rings. The number of carbonyl (C=O) groups excluding carboxylic acids is 2. The van der Waals surface area contributed by atoms with E-state index in [0.717, 1.165) is 10.5 Å². The molecule has 124 valence electrons. The van der Waals surface area contributed by atoms with E-state index in [-0.39, 0.29) is 12.5 Å². The number of urea groups is 1. The average Bonchev–Trinajstić information content (AvgIpc) is 2.61. The standard InChI is InChI=1S/C17H17N3O4/c1-23-13-6-5-11(10-14(13)24-2)7-9-20-16(21)15-12(19-17(20)22)4-3-8-18-15/h3-6,8,10,15H,7,9H2,1-2H3. The van der Waals surface area contributed by atoms with E-state index in [1.807, 2.05) is 12.1 Å². The van der Waals surface area contributed by atoms with E-state index in [2.05, 4.69) is 9.98 Å². The third kappa shape index (κ3) is 2.92. The normalized spacial score (nSPS) is 19.2. The number of ether oxygens (including phenoxy) is 2. The second-order valence-corrected chi connectivity index (χ2v) is 5.31. The van der Waals surface area contributed by atoms with Gasteiger partial charge < -0.3 is 9.47 Å². The summed E-state index contributed by atoms with van der Waals surface area (Å²) < 4.78 is 10.5. The highest BCUT2D eigenvalue weighted by molar-refractivity contribution is 6.24. The number of fused-ring (bicyclic) bond motifs is 1. The molecule has 0 spiro atoms. The van der Waals surface area contributed by atoms with E-state index in [9.17, 15) is 9.59 Å². The lowest BCUT2D eigenvalue weighted by Crippen LogP contribution is -2.49. The number of methoxy groups -OCH3 is 2. The van der Waals surface area contributed by atoms with E-state index in [1.165, 1.54) is 0 Å². The molecule has 2 aliphatic rings. The fraction of sp³-hybridized carbons (Fsp3) is 0.294. The summed E-state index contributed by atoms with van der Waals surface area (Å²) in [5.74, 6) is 0.892. The quantitative estimate of drug-likeness (QED) is 0.824. The SMILES string of the molecule is COc1ccc(CCN2C(=O)N=C3C=CC=NC3C2=O)cc1OC. The van der Waals surface area contributed by atoms with Gasteiger partial charge in [0.2, 0.25) is 0 Å². The van der Waals surface area contributed by atoms with Crippen molar-refractivity contribution in [3.63, 3.8) is 0 Å². The van der Waals surface area contributed by atoms with E-state index in [4.69, 9.17) is 9.47 Å². The molecule has 0 aliphatic carbocycles. The first-order valence-electron chi connectivity index (χ1n) is 7.48. The largest absolute Gasteiger partial charge is 0.493 e. The highest BCUT2D eigenvalue weighted by Gasteiger charge is 2.36. The van der Waals surface area contributed by atoms with Gasteiger partial charge in [-0.1, -0.05) is 6.07 Å². The Bertz CT molecular complexity index is 767. The minimum Gasteiger partial charge on any atom is -0.493 e. The lowest BCUT2D eigenvalue weighted by atomic mass is 10.1. The minimum atomic E-state index is -0.710. The van der Waals surface area contributed by atoms with E-state index in [0.29, 0.717) is 23.6 Å². The monoisotopic (exact) mass is 327 g/mol. The predicted molar refractivity (Wildman–Crippen MR) is 89.2 cm³/mol. The third-order valence-corrected chi connectivity index (χ3v) is 3.90. The van der Waals surface area contributed by atoms with Crippen molar-refractivity contribution in [2.45, 2.75) is 12.5 Å². The third-order valence-electron chi connectivity index (χ3n) is 3.90. The van der Waals surface area contributed by atoms with E-state index in [1.54, 1.807) is 38.7 Å². The van der Waals surface area contributed by atoms with Crippen molar-refractivity contribution in [2.75, 3.05) is 20.8 Å². The predicted octanol–water partition coefficient (Wildman–Crippen LogP) is 1.66. The lowest BCUT2D eigenvalue weighted by Gasteiger charge is -2.27. The van der Waals surface area contributed by atoms with Crippen molar-refractivity contribution in [2.24, 2.45) is 9.98 Å². The van der Waals surface area contributed by atoms with Crippen molar-refractivity contribution < 1.29 is 19.1 Å². The molecular formula is C17H17N3O4. The highest BCUT2D eigenvalue weighted by Crippen LogP contribution is 2.28. The second kappa shape index (κ2) is 6.66. The molecule has 0 saturated carbocycles. The molecule has 3 amide bonds. The second-order valence-electron chi connectivity index (χ2n) is 5.31. The fourth-order valence-corrected chi connectivity index (χ4v) is 2.63. The van der Waals surface area contributed by atoms with Gasteiger partial charge in [0.05, 0.1) is 19.9 Å². The van der Waals surface area contributed by atoms with Crippen LogP contribution in [0.15, 0.2) is 40.3 Å². The van der Waals surface area contributed by atoms with Gasteiger partial charge in [0.1, 0.15) is 0 Å². The van der Waals surface area contributed by atoms with Crippen LogP contribution in [-0.2, 0) is 11.2 Å². The van der Waals surface area contributed by atoms with Crippen LogP contribution in [0.3, 0.4) is 0 Å². The molecule has 1 atom stereocenters. The van der Waals surface area contributed by atoms with Crippen molar-refractivity contribution in [1.82, 2.24) is 4.90 Å². The molecule has 0 N–H and O–H groups in total. The van der Waals surface area contributed by atoms with Crippen LogP contribution >= 0.6 is 0 Å². The van der Waals surface area contributed by atoms with Gasteiger partial charge in [-0.2, -0.15) is 4.99 Å². The maximum Gasteiger partial charge on any atom is 0.350 e. The zero-order valence-corrected chi connectivity index (χ0v) is 13.4. The Kier molecular flexibility index (Phi) is 4.41. The van der Waals surface area contributed by atoms with Crippen LogP contribution in [0.2, 0.25) is 0 Å². The maximum absolute atomic E-state index is 12.4. The average molecular weight is 327 g/mol. The van der Waals surface area contributed by atoms with Gasteiger partial charge in [-0.3, -0.25) is 14.7 Å². The Morgan fingerprint density at radius 1 is 1.17 bits per heavy atom. The molecule has 0 bridgehead atoms. The molecule has 24 heavy (non-hydrogen) atoms. The zero-order chi connectivity index (χ0) is 17.1. The first-order valence-corrected chi connectivity index (χ1v) is 7.48. The van der Waals surface area contributed by atoms with Crippen molar-refractivity contribution in [1.29, 1.82) is 0 Å². The number of carbonyl (C=O) groups is 2. The van der Waals surface area contributed by atoms with Crippen LogP contribution in [0.4, 0.5) is 4.79 Å². The summed E-state index contributed by atoms with van der Waals surface area (Å²) in [7, 11) is 3.13. The van der Waals surface area contributed by atoms with Gasteiger partial charge in [-0.15, -0.1) is 0 Å². The Hall–Kier alpha value is -2.96. The summed E-state index contributed by atoms with van der Waals surface area (Å²) >= 11 is 0. The number of hydrogen-bond acceptors (Lipinski definition) is 5. The molecule has 1 unspecified atom stereocenters. The number of nitrogens with zero attached hydrogens (tertiary/aromatic N) is 3. The number of rotatable bonds is 5. The summed E-state index contributed by atoms with van der Waals surface area (Å²) in [5, 5.41) is 0. The first-order chi connectivity index (χ1) is 11.6. The smallest absolute Gasteiger partial charge is 0.350 e. The van der Waals surface area contributed by atoms with Crippen LogP contribution in [0, 0.1) is 0 Å². The van der Waals surface area contributed by atoms with Crippen LogP contribution in [0.25, 0.3) is 0 Å². The summed E-state index contributed by atoms with van der Waals surface area (Å²) in [6.07, 6.45) is 5.34. The number of allylic oxidation sites excluding steroid dienone is 1. The molecule has 7 nitrogen and oxygen atoms in total. The maximum atomic E-state index is 12.4. The Labute approximate surface area is 139 Å². The number of aliphatic imine (C=N–C) groups is 2. The van der Waals surface area contributed by atoms with Gasteiger partial charge in [-0.25, -0.2) is 4.79 Å². The molecule has 0 radical (unpaired) electrons. The zero-order valence-electron chi connectivity index (χ0n) is 13.4. The first kappa shape index (κ1) is 15.9. The van der Waals surface area contributed by atoms with Gasteiger partial charge >= 0.3 is 6.03 Å². The van der Waals surface area contributed by atoms with Crippen LogP contribution in [0.1, 0.15) is 5.56 Å². The van der Waals surface area contributed by atoms with E-state index >= 15 is 0 Å². The molecule has 2 aliphatic heterocycles. The molecule has 2 heterocycles. The molecule has 3 rings (SSSR count). The van der Waals surface area contributed by atoms with Gasteiger partial charge in [0.25, 0.3) is 5.91 Å². The topological polar surface area (TPSA) is 80.6 Å². The molecular weight excluding hydrogens is 310 g/mol. The fourth-order valence-electron chi connectivity index (χ4n) is 2.63. The molecule has 1 aromatic carbocycles. The van der Waals surface area contributed by atoms with Crippen molar-refractivity contribution >= 4 is 23.9 Å². The number of benzene rings is 1. The number of hydrogen-bond donors (Lipinski definition) is 0. The minimum absolute atomic E-state index is 0.236. The molecule has 0 saturated heterocycles. The van der Waals surface area contributed by atoms with Crippen molar-refractivity contribution in [3.05, 3.63) is 35.9 Å². The molecule has 1 aromatic rings. The summed E-state index contributed by atoms with van der Waals surface area (Å²) in [5.41, 5.74) is 1.32. The Balaban J connectivity index is 1.74. The lowest BCUT2D eigenvalue weighted by molar-refractivity contribution is -0.128. The van der Waals surface area contributed by atoms with Gasteiger partial charge in [-0.05, 0) is 36.3 Å². The van der Waals surface area contributed by atoms with Gasteiger partial charge in [0.15, 0.2) is 17.5 Å². The Morgan fingerprint density at radius 3 is 2.71 bits per heavy atom.